The van der Waals surface area contributed by atoms with Crippen LogP contribution in [0.1, 0.15) is 32.8 Å². The SMILES string of the molecule is CNc1cc(Nc2ccc(CNc3cc(Nc4cccnc4OC(F)F)nc4c(C(=O)N[C@H]5C[C@H]5F)cnn34)nc2OC(F)F)nc2c(C(N)=O)cnn12. The van der Waals surface area contributed by atoms with Gasteiger partial charge in [0, 0.05) is 31.8 Å². The lowest BCUT2D eigenvalue weighted by atomic mass is 10.3. The number of carbonyl (C=O) groups is 2. The Morgan fingerprint density at radius 1 is 0.889 bits per heavy atom. The molecule has 1 saturated carbocycles. The van der Waals surface area contributed by atoms with Crippen LogP contribution >= 0.6 is 0 Å². The Hall–Kier alpha value is -7.07. The van der Waals surface area contributed by atoms with Crippen molar-refractivity contribution in [2.24, 2.45) is 5.73 Å². The highest BCUT2D eigenvalue weighted by Crippen LogP contribution is 2.31. The van der Waals surface area contributed by atoms with E-state index in [0.717, 1.165) is 0 Å². The summed E-state index contributed by atoms with van der Waals surface area (Å²) in [5.41, 5.74) is 5.73. The lowest BCUT2D eigenvalue weighted by Crippen LogP contribution is -2.27. The first-order valence-electron chi connectivity index (χ1n) is 15.8. The summed E-state index contributed by atoms with van der Waals surface area (Å²) in [5, 5.41) is 22.5. The van der Waals surface area contributed by atoms with Crippen molar-refractivity contribution in [1.29, 1.82) is 0 Å². The van der Waals surface area contributed by atoms with E-state index in [4.69, 9.17) is 10.5 Å². The molecule has 6 aromatic heterocycles. The summed E-state index contributed by atoms with van der Waals surface area (Å²) in [5.74, 6) is -1.66. The third-order valence-corrected chi connectivity index (χ3v) is 7.81. The number of primary amides is 1. The molecule has 1 fully saturated rings. The third kappa shape index (κ3) is 7.44. The van der Waals surface area contributed by atoms with Crippen LogP contribution < -0.4 is 41.8 Å². The number of hydrogen-bond donors (Lipinski definition) is 6. The molecule has 6 heterocycles. The van der Waals surface area contributed by atoms with Crippen molar-refractivity contribution in [1.82, 2.24) is 44.5 Å². The van der Waals surface area contributed by atoms with Gasteiger partial charge in [0.25, 0.3) is 11.8 Å². The van der Waals surface area contributed by atoms with Crippen molar-refractivity contribution in [2.45, 2.75) is 38.4 Å². The van der Waals surface area contributed by atoms with E-state index in [1.807, 2.05) is 0 Å². The summed E-state index contributed by atoms with van der Waals surface area (Å²) < 4.78 is 78.7. The molecular formula is C31H27F5N14O4. The first kappa shape index (κ1) is 35.3. The first-order valence-corrected chi connectivity index (χ1v) is 15.8. The second-order valence-corrected chi connectivity index (χ2v) is 11.5. The Bertz CT molecular complexity index is 2370. The van der Waals surface area contributed by atoms with Crippen LogP contribution in [-0.4, -0.2) is 83.5 Å². The summed E-state index contributed by atoms with van der Waals surface area (Å²) in [7, 11) is 1.60. The van der Waals surface area contributed by atoms with Crippen LogP contribution in [0.3, 0.4) is 0 Å². The standard InChI is InChI=1S/C31H27F5N14O4/c1-38-22-8-20(47-25-14(24(37)51)11-41-49(22)25)45-18-5-4-13(43-29(18)54-31(35)36)10-40-23-9-21(44-17-3-2-6-39-28(17)53-30(33)34)48-26-15(12-42-50(23)26)27(52)46-19-7-16(19)32/h2-6,8-9,11-12,16,19,30-31,38,40H,7,10H2,1H3,(H2,37,51)(H,44,48)(H,45,47)(H,46,52)/t16-,19+/m1/s1. The van der Waals surface area contributed by atoms with Crippen molar-refractivity contribution in [3.63, 3.8) is 0 Å². The molecule has 0 spiro atoms. The summed E-state index contributed by atoms with van der Waals surface area (Å²) >= 11 is 0. The van der Waals surface area contributed by atoms with Gasteiger partial charge < -0.3 is 41.8 Å². The van der Waals surface area contributed by atoms with Gasteiger partial charge in [0.2, 0.25) is 11.8 Å². The molecule has 54 heavy (non-hydrogen) atoms. The number of hydrogen-bond acceptors (Lipinski definition) is 14. The molecule has 23 heteroatoms. The Labute approximate surface area is 299 Å². The molecule has 0 unspecified atom stereocenters. The molecule has 7 rings (SSSR count). The second kappa shape index (κ2) is 14.5. The second-order valence-electron chi connectivity index (χ2n) is 11.5. The number of nitrogens with zero attached hydrogens (tertiary/aromatic N) is 8. The average Bonchev–Trinajstić information content (AvgIpc) is 3.46. The van der Waals surface area contributed by atoms with E-state index >= 15 is 0 Å². The number of fused-ring (bicyclic) bond motifs is 2. The quantitative estimate of drug-likeness (QED) is 0.0820. The fourth-order valence-electron chi connectivity index (χ4n) is 5.22. The number of halogens is 5. The number of anilines is 6. The van der Waals surface area contributed by atoms with Crippen LogP contribution in [0.4, 0.5) is 56.6 Å². The van der Waals surface area contributed by atoms with E-state index in [2.05, 4.69) is 61.5 Å². The summed E-state index contributed by atoms with van der Waals surface area (Å²) in [6.45, 7) is -6.58. The molecule has 2 amide bonds. The summed E-state index contributed by atoms with van der Waals surface area (Å²) in [6, 6.07) is 8.03. The topological polar surface area (TPSA) is 225 Å². The fourth-order valence-corrected chi connectivity index (χ4v) is 5.22. The maximum Gasteiger partial charge on any atom is 0.388 e. The van der Waals surface area contributed by atoms with Gasteiger partial charge in [0.15, 0.2) is 11.3 Å². The van der Waals surface area contributed by atoms with Crippen molar-refractivity contribution in [3.05, 3.63) is 71.8 Å². The monoisotopic (exact) mass is 754 g/mol. The molecule has 0 aromatic carbocycles. The van der Waals surface area contributed by atoms with Gasteiger partial charge in [0.1, 0.15) is 51.9 Å². The van der Waals surface area contributed by atoms with Crippen molar-refractivity contribution in [3.8, 4) is 11.8 Å². The number of ether oxygens (including phenoxy) is 2. The van der Waals surface area contributed by atoms with Crippen molar-refractivity contribution < 1.29 is 41.0 Å². The van der Waals surface area contributed by atoms with Gasteiger partial charge in [-0.25, -0.2) is 24.3 Å². The van der Waals surface area contributed by atoms with Crippen LogP contribution in [0.15, 0.2) is 55.0 Å². The number of pyridine rings is 2. The molecule has 1 aliphatic carbocycles. The molecule has 0 bridgehead atoms. The van der Waals surface area contributed by atoms with Gasteiger partial charge in [-0.1, -0.05) is 0 Å². The van der Waals surface area contributed by atoms with Crippen LogP contribution in [-0.2, 0) is 6.54 Å². The molecule has 18 nitrogen and oxygen atoms in total. The van der Waals surface area contributed by atoms with Gasteiger partial charge >= 0.3 is 13.2 Å². The minimum absolute atomic E-state index is 0.00593. The number of amides is 2. The molecule has 1 aliphatic rings. The van der Waals surface area contributed by atoms with Crippen LogP contribution in [0, 0.1) is 0 Å². The normalized spacial score (nSPS) is 15.0. The van der Waals surface area contributed by atoms with Gasteiger partial charge in [0.05, 0.1) is 30.7 Å². The van der Waals surface area contributed by atoms with E-state index in [-0.39, 0.29) is 69.9 Å². The Balaban J connectivity index is 1.19. The zero-order valence-electron chi connectivity index (χ0n) is 27.6. The Kier molecular flexibility index (Phi) is 9.50. The zero-order valence-corrected chi connectivity index (χ0v) is 27.6. The number of nitrogens with one attached hydrogen (secondary N) is 5. The molecular weight excluding hydrogens is 727 g/mol. The highest BCUT2D eigenvalue weighted by Gasteiger charge is 2.39. The Morgan fingerprint density at radius 3 is 2.15 bits per heavy atom. The first-order chi connectivity index (χ1) is 26.0. The smallest absolute Gasteiger partial charge is 0.388 e. The van der Waals surface area contributed by atoms with Gasteiger partial charge in [-0.05, 0) is 24.3 Å². The summed E-state index contributed by atoms with van der Waals surface area (Å²) in [6.07, 6.45) is 2.68. The van der Waals surface area contributed by atoms with Crippen molar-refractivity contribution in [2.75, 3.05) is 28.3 Å². The van der Waals surface area contributed by atoms with Gasteiger partial charge in [-0.15, -0.1) is 0 Å². The number of carbonyl (C=O) groups excluding carboxylic acids is 2. The molecule has 7 N–H and O–H groups in total. The van der Waals surface area contributed by atoms with E-state index in [0.29, 0.717) is 5.82 Å². The van der Waals surface area contributed by atoms with E-state index < -0.39 is 49.0 Å². The Morgan fingerprint density at radius 2 is 1.50 bits per heavy atom. The van der Waals surface area contributed by atoms with E-state index in [9.17, 15) is 31.5 Å². The fraction of sp³-hybridized carbons (Fsp3) is 0.226. The maximum absolute atomic E-state index is 13.6. The molecule has 280 valence electrons. The highest BCUT2D eigenvalue weighted by atomic mass is 19.3. The lowest BCUT2D eigenvalue weighted by Gasteiger charge is -2.15. The van der Waals surface area contributed by atoms with E-state index in [1.54, 1.807) is 7.05 Å². The predicted molar refractivity (Wildman–Crippen MR) is 180 cm³/mol. The van der Waals surface area contributed by atoms with Crippen LogP contribution in [0.2, 0.25) is 0 Å². The highest BCUT2D eigenvalue weighted by molar-refractivity contribution is 6.00. The number of rotatable bonds is 15. The zero-order chi connectivity index (χ0) is 38.1. The van der Waals surface area contributed by atoms with Crippen LogP contribution in [0.5, 0.6) is 11.8 Å². The molecule has 0 saturated heterocycles. The largest absolute Gasteiger partial charge is 0.415 e. The lowest BCUT2D eigenvalue weighted by molar-refractivity contribution is -0.0530. The minimum atomic E-state index is -3.27. The molecule has 2 atom stereocenters. The predicted octanol–water partition coefficient (Wildman–Crippen LogP) is 3.84. The number of aromatic nitrogens is 8. The van der Waals surface area contributed by atoms with E-state index in [1.165, 1.54) is 64.0 Å². The summed E-state index contributed by atoms with van der Waals surface area (Å²) in [4.78, 5) is 41.8. The average molecular weight is 755 g/mol. The van der Waals surface area contributed by atoms with Gasteiger partial charge in [-0.2, -0.15) is 36.8 Å². The van der Waals surface area contributed by atoms with Crippen LogP contribution in [0.25, 0.3) is 11.3 Å². The molecule has 6 aromatic rings. The number of alkyl halides is 5. The molecule has 0 radical (unpaired) electrons. The third-order valence-electron chi connectivity index (χ3n) is 7.81. The molecule has 0 aliphatic heterocycles. The van der Waals surface area contributed by atoms with Crippen molar-refractivity contribution >= 4 is 57.8 Å². The number of nitrogens with two attached hydrogens (primary N) is 1. The maximum atomic E-state index is 13.6. The van der Waals surface area contributed by atoms with Gasteiger partial charge in [-0.3, -0.25) is 9.59 Å². The minimum Gasteiger partial charge on any atom is -0.415 e.